The molecule has 110 valence electrons. The van der Waals surface area contributed by atoms with Crippen LogP contribution in [0, 0.1) is 5.92 Å². The first-order chi connectivity index (χ1) is 10.1. The van der Waals surface area contributed by atoms with Crippen molar-refractivity contribution in [3.63, 3.8) is 0 Å². The molecule has 0 saturated heterocycles. The van der Waals surface area contributed by atoms with Crippen LogP contribution >= 0.6 is 11.6 Å². The molecule has 1 unspecified atom stereocenters. The average Bonchev–Trinajstić information content (AvgIpc) is 3.21. The summed E-state index contributed by atoms with van der Waals surface area (Å²) in [5.74, 6) is 0.590. The van der Waals surface area contributed by atoms with Crippen LogP contribution in [0.15, 0.2) is 36.7 Å². The lowest BCUT2D eigenvalue weighted by atomic mass is 10.2. The molecule has 1 aromatic heterocycles. The van der Waals surface area contributed by atoms with Crippen LogP contribution in [0.1, 0.15) is 35.7 Å². The lowest BCUT2D eigenvalue weighted by molar-refractivity contribution is 0.0936. The van der Waals surface area contributed by atoms with Crippen molar-refractivity contribution in [2.45, 2.75) is 32.4 Å². The Morgan fingerprint density at radius 1 is 1.48 bits per heavy atom. The van der Waals surface area contributed by atoms with Crippen molar-refractivity contribution in [3.05, 3.63) is 52.8 Å². The third-order valence-corrected chi connectivity index (χ3v) is 4.24. The number of nitrogens with zero attached hydrogens (tertiary/aromatic N) is 2. The van der Waals surface area contributed by atoms with Crippen LogP contribution in [0.3, 0.4) is 0 Å². The summed E-state index contributed by atoms with van der Waals surface area (Å²) in [6.45, 7) is 2.62. The maximum absolute atomic E-state index is 12.1. The summed E-state index contributed by atoms with van der Waals surface area (Å²) in [5.41, 5.74) is 1.58. The van der Waals surface area contributed by atoms with Gasteiger partial charge in [-0.1, -0.05) is 29.8 Å². The van der Waals surface area contributed by atoms with E-state index >= 15 is 0 Å². The monoisotopic (exact) mass is 303 g/mol. The van der Waals surface area contributed by atoms with Crippen LogP contribution in [0.5, 0.6) is 0 Å². The highest BCUT2D eigenvalue weighted by Crippen LogP contribution is 2.32. The Bertz CT molecular complexity index is 648. The van der Waals surface area contributed by atoms with Crippen molar-refractivity contribution in [1.82, 2.24) is 15.1 Å². The third-order valence-electron chi connectivity index (χ3n) is 3.87. The van der Waals surface area contributed by atoms with Gasteiger partial charge in [0.1, 0.15) is 0 Å². The molecule has 21 heavy (non-hydrogen) atoms. The van der Waals surface area contributed by atoms with E-state index in [9.17, 15) is 4.79 Å². The largest absolute Gasteiger partial charge is 0.349 e. The molecule has 1 aliphatic rings. The number of aromatic nitrogens is 2. The van der Waals surface area contributed by atoms with Gasteiger partial charge in [0.2, 0.25) is 0 Å². The highest BCUT2D eigenvalue weighted by Gasteiger charge is 2.29. The molecule has 1 aromatic carbocycles. The number of rotatable bonds is 5. The number of amides is 1. The Labute approximate surface area is 129 Å². The molecule has 1 atom stereocenters. The minimum Gasteiger partial charge on any atom is -0.349 e. The summed E-state index contributed by atoms with van der Waals surface area (Å²) in [5, 5.41) is 7.98. The smallest absolute Gasteiger partial charge is 0.254 e. The van der Waals surface area contributed by atoms with E-state index in [1.54, 1.807) is 17.1 Å². The van der Waals surface area contributed by atoms with E-state index in [1.807, 2.05) is 24.3 Å². The zero-order valence-corrected chi connectivity index (χ0v) is 12.7. The van der Waals surface area contributed by atoms with Crippen molar-refractivity contribution in [2.75, 3.05) is 0 Å². The first-order valence-corrected chi connectivity index (χ1v) is 7.58. The number of hydrogen-bond acceptors (Lipinski definition) is 2. The van der Waals surface area contributed by atoms with E-state index in [2.05, 4.69) is 17.3 Å². The molecular weight excluding hydrogens is 286 g/mol. The molecule has 1 amide bonds. The lowest BCUT2D eigenvalue weighted by Gasteiger charge is -2.11. The SMILES string of the molecule is CC(NC(=O)c1cnn(Cc2ccccc2Cl)c1)C1CC1. The van der Waals surface area contributed by atoms with Crippen molar-refractivity contribution in [3.8, 4) is 0 Å². The van der Waals surface area contributed by atoms with Gasteiger partial charge >= 0.3 is 0 Å². The maximum atomic E-state index is 12.1. The van der Waals surface area contributed by atoms with Gasteiger partial charge in [0.15, 0.2) is 0 Å². The molecule has 1 heterocycles. The fourth-order valence-corrected chi connectivity index (χ4v) is 2.57. The van der Waals surface area contributed by atoms with Gasteiger partial charge in [-0.3, -0.25) is 9.48 Å². The molecule has 5 heteroatoms. The zero-order chi connectivity index (χ0) is 14.8. The molecule has 1 aliphatic carbocycles. The number of nitrogens with one attached hydrogen (secondary N) is 1. The Morgan fingerprint density at radius 2 is 2.24 bits per heavy atom. The van der Waals surface area contributed by atoms with Crippen LogP contribution in [0.4, 0.5) is 0 Å². The number of halogens is 1. The van der Waals surface area contributed by atoms with Crippen LogP contribution in [0.25, 0.3) is 0 Å². The van der Waals surface area contributed by atoms with Crippen LogP contribution < -0.4 is 5.32 Å². The molecule has 2 aromatic rings. The molecule has 3 rings (SSSR count). The Balaban J connectivity index is 1.65. The molecule has 1 N–H and O–H groups in total. The van der Waals surface area contributed by atoms with Gasteiger partial charge in [-0.25, -0.2) is 0 Å². The second-order valence-corrected chi connectivity index (χ2v) is 6.02. The second-order valence-electron chi connectivity index (χ2n) is 5.62. The number of carbonyl (C=O) groups excluding carboxylic acids is 1. The van der Waals surface area contributed by atoms with E-state index < -0.39 is 0 Å². The van der Waals surface area contributed by atoms with Gasteiger partial charge < -0.3 is 5.32 Å². The first-order valence-electron chi connectivity index (χ1n) is 7.20. The van der Waals surface area contributed by atoms with Crippen molar-refractivity contribution in [1.29, 1.82) is 0 Å². The third kappa shape index (κ3) is 3.45. The average molecular weight is 304 g/mol. The number of carbonyl (C=O) groups is 1. The van der Waals surface area contributed by atoms with Gasteiger partial charge in [-0.15, -0.1) is 0 Å². The molecule has 1 saturated carbocycles. The Hall–Kier alpha value is -1.81. The molecule has 0 aliphatic heterocycles. The van der Waals surface area contributed by atoms with E-state index in [-0.39, 0.29) is 11.9 Å². The predicted octanol–water partition coefficient (Wildman–Crippen LogP) is 3.11. The maximum Gasteiger partial charge on any atom is 0.254 e. The quantitative estimate of drug-likeness (QED) is 0.922. The zero-order valence-electron chi connectivity index (χ0n) is 11.9. The highest BCUT2D eigenvalue weighted by atomic mass is 35.5. The Kier molecular flexibility index (Phi) is 3.97. The first kappa shape index (κ1) is 14.1. The van der Waals surface area contributed by atoms with Crippen molar-refractivity contribution >= 4 is 17.5 Å². The highest BCUT2D eigenvalue weighted by molar-refractivity contribution is 6.31. The Morgan fingerprint density at radius 3 is 2.95 bits per heavy atom. The summed E-state index contributed by atoms with van der Waals surface area (Å²) in [4.78, 5) is 12.1. The standard InChI is InChI=1S/C16H18ClN3O/c1-11(12-6-7-12)19-16(21)14-8-18-20(10-14)9-13-4-2-3-5-15(13)17/h2-5,8,10-12H,6-7,9H2,1H3,(H,19,21). The number of benzene rings is 1. The van der Waals surface area contributed by atoms with Gasteiger partial charge in [-0.05, 0) is 37.3 Å². The van der Waals surface area contributed by atoms with Crippen molar-refractivity contribution in [2.24, 2.45) is 5.92 Å². The van der Waals surface area contributed by atoms with Gasteiger partial charge in [0, 0.05) is 17.3 Å². The van der Waals surface area contributed by atoms with E-state index in [1.165, 1.54) is 12.8 Å². The summed E-state index contributed by atoms with van der Waals surface area (Å²) >= 11 is 6.13. The van der Waals surface area contributed by atoms with E-state index in [0.717, 1.165) is 5.56 Å². The summed E-state index contributed by atoms with van der Waals surface area (Å²) in [7, 11) is 0. The summed E-state index contributed by atoms with van der Waals surface area (Å²) in [6.07, 6.45) is 5.80. The molecule has 4 nitrogen and oxygen atoms in total. The molecule has 1 fully saturated rings. The summed E-state index contributed by atoms with van der Waals surface area (Å²) < 4.78 is 1.73. The van der Waals surface area contributed by atoms with Gasteiger partial charge in [-0.2, -0.15) is 5.10 Å². The van der Waals surface area contributed by atoms with E-state index in [0.29, 0.717) is 23.0 Å². The fraction of sp³-hybridized carbons (Fsp3) is 0.375. The minimum absolute atomic E-state index is 0.0557. The summed E-state index contributed by atoms with van der Waals surface area (Å²) in [6, 6.07) is 7.89. The molecule has 0 radical (unpaired) electrons. The predicted molar refractivity (Wildman–Crippen MR) is 82.4 cm³/mol. The normalized spacial score (nSPS) is 15.7. The van der Waals surface area contributed by atoms with Crippen LogP contribution in [-0.2, 0) is 6.54 Å². The van der Waals surface area contributed by atoms with Gasteiger partial charge in [0.25, 0.3) is 5.91 Å². The van der Waals surface area contributed by atoms with Crippen molar-refractivity contribution < 1.29 is 4.79 Å². The second kappa shape index (κ2) is 5.90. The molecular formula is C16H18ClN3O. The molecule has 0 spiro atoms. The van der Waals surface area contributed by atoms with Gasteiger partial charge in [0.05, 0.1) is 18.3 Å². The topological polar surface area (TPSA) is 46.9 Å². The lowest BCUT2D eigenvalue weighted by Crippen LogP contribution is -2.33. The number of hydrogen-bond donors (Lipinski definition) is 1. The van der Waals surface area contributed by atoms with E-state index in [4.69, 9.17) is 11.6 Å². The fourth-order valence-electron chi connectivity index (χ4n) is 2.37. The molecule has 0 bridgehead atoms. The minimum atomic E-state index is -0.0557. The van der Waals surface area contributed by atoms with Crippen LogP contribution in [-0.4, -0.2) is 21.7 Å². The van der Waals surface area contributed by atoms with Crippen LogP contribution in [0.2, 0.25) is 5.02 Å².